The third kappa shape index (κ3) is 6.31. The zero-order valence-electron chi connectivity index (χ0n) is 12.1. The highest BCUT2D eigenvalue weighted by Gasteiger charge is 2.21. The average molecular weight is 356 g/mol. The van der Waals surface area contributed by atoms with E-state index in [1.165, 1.54) is 6.07 Å². The third-order valence-electron chi connectivity index (χ3n) is 3.23. The Morgan fingerprint density at radius 1 is 1.38 bits per heavy atom. The fourth-order valence-electron chi connectivity index (χ4n) is 1.49. The van der Waals surface area contributed by atoms with E-state index >= 15 is 0 Å². The number of hydrogen-bond donors (Lipinski definition) is 3. The minimum absolute atomic E-state index is 0. The molecule has 0 fully saturated rings. The maximum atomic E-state index is 11.8. The van der Waals surface area contributed by atoms with Crippen molar-refractivity contribution in [3.05, 3.63) is 17.5 Å². The van der Waals surface area contributed by atoms with Crippen LogP contribution in [-0.4, -0.2) is 33.0 Å². The summed E-state index contributed by atoms with van der Waals surface area (Å²) in [7, 11) is -3.60. The van der Waals surface area contributed by atoms with Crippen molar-refractivity contribution in [3.8, 4) is 0 Å². The number of rotatable bonds is 8. The van der Waals surface area contributed by atoms with E-state index in [1.807, 2.05) is 13.8 Å². The number of amides is 1. The summed E-state index contributed by atoms with van der Waals surface area (Å²) >= 11 is 1.10. The number of thiophene rings is 1. The van der Waals surface area contributed by atoms with Crippen LogP contribution in [0.3, 0.4) is 0 Å². The van der Waals surface area contributed by atoms with Crippen molar-refractivity contribution in [3.63, 3.8) is 0 Å². The molecule has 0 aliphatic heterocycles. The van der Waals surface area contributed by atoms with E-state index in [0.29, 0.717) is 6.54 Å². The third-order valence-corrected chi connectivity index (χ3v) is 6.03. The fraction of sp³-hybridized carbons (Fsp3) is 0.583. The summed E-state index contributed by atoms with van der Waals surface area (Å²) < 4.78 is 26.1. The van der Waals surface area contributed by atoms with Gasteiger partial charge in [0.2, 0.25) is 5.91 Å². The lowest BCUT2D eigenvalue weighted by molar-refractivity contribution is -0.120. The molecule has 0 bridgehead atoms. The van der Waals surface area contributed by atoms with E-state index < -0.39 is 15.6 Å². The maximum Gasteiger partial charge on any atom is 0.250 e. The van der Waals surface area contributed by atoms with Crippen molar-refractivity contribution >= 4 is 39.7 Å². The smallest absolute Gasteiger partial charge is 0.250 e. The highest BCUT2D eigenvalue weighted by Crippen LogP contribution is 2.14. The first-order valence-corrected chi connectivity index (χ1v) is 8.78. The molecule has 1 heterocycles. The number of carbonyl (C=O) groups is 1. The fourth-order valence-corrected chi connectivity index (χ4v) is 3.50. The zero-order chi connectivity index (χ0) is 15.2. The SMILES string of the molecule is CCC(N)(CC)CNC(=O)CNS(=O)(=O)c1cccs1.Cl. The second-order valence-corrected chi connectivity index (χ2v) is 7.54. The van der Waals surface area contributed by atoms with Gasteiger partial charge in [0, 0.05) is 12.1 Å². The molecule has 1 rings (SSSR count). The predicted molar refractivity (Wildman–Crippen MR) is 87.3 cm³/mol. The summed E-state index contributed by atoms with van der Waals surface area (Å²) in [6.45, 7) is 3.95. The van der Waals surface area contributed by atoms with Gasteiger partial charge in [-0.05, 0) is 24.3 Å². The van der Waals surface area contributed by atoms with Gasteiger partial charge in [-0.3, -0.25) is 4.79 Å². The lowest BCUT2D eigenvalue weighted by Gasteiger charge is -2.26. The van der Waals surface area contributed by atoms with E-state index in [-0.39, 0.29) is 29.1 Å². The number of halogens is 1. The van der Waals surface area contributed by atoms with Crippen molar-refractivity contribution in [2.24, 2.45) is 5.73 Å². The summed E-state index contributed by atoms with van der Waals surface area (Å²) in [5.74, 6) is -0.387. The van der Waals surface area contributed by atoms with E-state index in [2.05, 4.69) is 10.0 Å². The molecule has 0 saturated carbocycles. The molecule has 122 valence electrons. The minimum atomic E-state index is -3.60. The quantitative estimate of drug-likeness (QED) is 0.649. The van der Waals surface area contributed by atoms with Gasteiger partial charge in [-0.25, -0.2) is 13.1 Å². The first-order chi connectivity index (χ1) is 9.33. The predicted octanol–water partition coefficient (Wildman–Crippen LogP) is 1.08. The Kier molecular flexibility index (Phi) is 8.42. The van der Waals surface area contributed by atoms with Gasteiger partial charge in [0.05, 0.1) is 6.54 Å². The topological polar surface area (TPSA) is 101 Å². The van der Waals surface area contributed by atoms with Gasteiger partial charge in [-0.1, -0.05) is 19.9 Å². The van der Waals surface area contributed by atoms with Gasteiger partial charge in [0.1, 0.15) is 4.21 Å². The Morgan fingerprint density at radius 3 is 2.48 bits per heavy atom. The standard InChI is InChI=1S/C12H21N3O3S2.ClH/c1-3-12(13,4-2)9-14-10(16)8-15-20(17,18)11-6-5-7-19-11;/h5-7,15H,3-4,8-9,13H2,1-2H3,(H,14,16);1H. The molecule has 1 aromatic heterocycles. The summed E-state index contributed by atoms with van der Waals surface area (Å²) in [6.07, 6.45) is 1.48. The Labute approximate surface area is 136 Å². The van der Waals surface area contributed by atoms with Gasteiger partial charge in [0.25, 0.3) is 10.0 Å². The summed E-state index contributed by atoms with van der Waals surface area (Å²) in [4.78, 5) is 11.6. The summed E-state index contributed by atoms with van der Waals surface area (Å²) in [5, 5.41) is 4.32. The molecule has 0 saturated heterocycles. The maximum absolute atomic E-state index is 11.8. The first-order valence-electron chi connectivity index (χ1n) is 6.42. The molecular weight excluding hydrogens is 334 g/mol. The molecule has 0 atom stereocenters. The molecule has 9 heteroatoms. The molecule has 1 aromatic rings. The second kappa shape index (κ2) is 8.70. The number of hydrogen-bond acceptors (Lipinski definition) is 5. The lowest BCUT2D eigenvalue weighted by Crippen LogP contribution is -2.50. The summed E-state index contributed by atoms with van der Waals surface area (Å²) in [5.41, 5.74) is 5.61. The van der Waals surface area contributed by atoms with Crippen LogP contribution < -0.4 is 15.8 Å². The molecule has 0 aliphatic rings. The van der Waals surface area contributed by atoms with Crippen LogP contribution in [0.15, 0.2) is 21.7 Å². The van der Waals surface area contributed by atoms with Crippen LogP contribution >= 0.6 is 23.7 Å². The summed E-state index contributed by atoms with van der Waals surface area (Å²) in [6, 6.07) is 3.13. The number of nitrogens with two attached hydrogens (primary N) is 1. The van der Waals surface area contributed by atoms with Gasteiger partial charge >= 0.3 is 0 Å². The Balaban J connectivity index is 0.00000400. The van der Waals surface area contributed by atoms with Gasteiger partial charge in [0.15, 0.2) is 0 Å². The molecule has 6 nitrogen and oxygen atoms in total. The molecule has 0 spiro atoms. The second-order valence-electron chi connectivity index (χ2n) is 4.60. The number of nitrogens with one attached hydrogen (secondary N) is 2. The molecule has 0 radical (unpaired) electrons. The largest absolute Gasteiger partial charge is 0.353 e. The first kappa shape index (κ1) is 20.3. The van der Waals surface area contributed by atoms with E-state index in [9.17, 15) is 13.2 Å². The van der Waals surface area contributed by atoms with E-state index in [1.54, 1.807) is 11.4 Å². The minimum Gasteiger partial charge on any atom is -0.353 e. The monoisotopic (exact) mass is 355 g/mol. The number of carbonyl (C=O) groups excluding carboxylic acids is 1. The Morgan fingerprint density at radius 2 is 2.00 bits per heavy atom. The molecule has 0 aliphatic carbocycles. The van der Waals surface area contributed by atoms with Crippen LogP contribution in [-0.2, 0) is 14.8 Å². The molecule has 0 aromatic carbocycles. The highest BCUT2D eigenvalue weighted by atomic mass is 35.5. The van der Waals surface area contributed by atoms with Crippen LogP contribution in [0, 0.1) is 0 Å². The molecule has 4 N–H and O–H groups in total. The Bertz CT molecular complexity index is 528. The van der Waals surface area contributed by atoms with Crippen molar-refractivity contribution in [1.82, 2.24) is 10.0 Å². The highest BCUT2D eigenvalue weighted by molar-refractivity contribution is 7.91. The normalized spacial score (nSPS) is 11.8. The zero-order valence-corrected chi connectivity index (χ0v) is 14.5. The molecule has 0 unspecified atom stereocenters. The van der Waals surface area contributed by atoms with E-state index in [0.717, 1.165) is 24.2 Å². The van der Waals surface area contributed by atoms with Crippen LogP contribution in [0.5, 0.6) is 0 Å². The molecular formula is C12H22ClN3O3S2. The Hall–Kier alpha value is -0.670. The van der Waals surface area contributed by atoms with Crippen LogP contribution in [0.2, 0.25) is 0 Å². The molecule has 21 heavy (non-hydrogen) atoms. The van der Waals surface area contributed by atoms with Gasteiger partial charge < -0.3 is 11.1 Å². The van der Waals surface area contributed by atoms with E-state index in [4.69, 9.17) is 5.73 Å². The number of sulfonamides is 1. The van der Waals surface area contributed by atoms with Crippen LogP contribution in [0.4, 0.5) is 0 Å². The van der Waals surface area contributed by atoms with Crippen LogP contribution in [0.25, 0.3) is 0 Å². The van der Waals surface area contributed by atoms with Gasteiger partial charge in [-0.2, -0.15) is 0 Å². The van der Waals surface area contributed by atoms with Crippen molar-refractivity contribution in [2.45, 2.75) is 36.4 Å². The van der Waals surface area contributed by atoms with Crippen molar-refractivity contribution in [2.75, 3.05) is 13.1 Å². The van der Waals surface area contributed by atoms with Crippen molar-refractivity contribution in [1.29, 1.82) is 0 Å². The molecule has 1 amide bonds. The van der Waals surface area contributed by atoms with Crippen molar-refractivity contribution < 1.29 is 13.2 Å². The van der Waals surface area contributed by atoms with Crippen LogP contribution in [0.1, 0.15) is 26.7 Å². The van der Waals surface area contributed by atoms with Gasteiger partial charge in [-0.15, -0.1) is 23.7 Å². The lowest BCUT2D eigenvalue weighted by atomic mass is 9.94. The average Bonchev–Trinajstić information content (AvgIpc) is 2.97.